The van der Waals surface area contributed by atoms with E-state index in [4.69, 9.17) is 16.3 Å². The van der Waals surface area contributed by atoms with E-state index < -0.39 is 0 Å². The number of carbonyl (C=O) groups excluding carboxylic acids is 1. The SMILES string of the molecule is CCC(CCc1ccc(C)cc1CCl)C1CCC(CC(=O)OC)CC1. The number of halogens is 1. The van der Waals surface area contributed by atoms with Crippen LogP contribution >= 0.6 is 11.6 Å². The number of alkyl halides is 1. The van der Waals surface area contributed by atoms with Crippen LogP contribution < -0.4 is 0 Å². The van der Waals surface area contributed by atoms with Gasteiger partial charge in [-0.1, -0.05) is 37.1 Å². The van der Waals surface area contributed by atoms with Crippen molar-refractivity contribution < 1.29 is 9.53 Å². The average molecular weight is 365 g/mol. The lowest BCUT2D eigenvalue weighted by atomic mass is 9.72. The molecule has 1 aromatic rings. The summed E-state index contributed by atoms with van der Waals surface area (Å²) in [6, 6.07) is 6.68. The quantitative estimate of drug-likeness (QED) is 0.413. The number of methoxy groups -OCH3 is 1. The van der Waals surface area contributed by atoms with Crippen LogP contribution in [0, 0.1) is 24.7 Å². The molecule has 1 saturated carbocycles. The summed E-state index contributed by atoms with van der Waals surface area (Å²) in [7, 11) is 1.49. The zero-order valence-electron chi connectivity index (χ0n) is 16.0. The largest absolute Gasteiger partial charge is 0.469 e. The van der Waals surface area contributed by atoms with Gasteiger partial charge in [0.15, 0.2) is 0 Å². The van der Waals surface area contributed by atoms with Crippen molar-refractivity contribution in [3.05, 3.63) is 34.9 Å². The van der Waals surface area contributed by atoms with Crippen LogP contribution in [0.2, 0.25) is 0 Å². The number of rotatable bonds is 8. The van der Waals surface area contributed by atoms with Gasteiger partial charge in [-0.25, -0.2) is 0 Å². The Morgan fingerprint density at radius 3 is 2.56 bits per heavy atom. The summed E-state index contributed by atoms with van der Waals surface area (Å²) < 4.78 is 4.82. The molecule has 0 saturated heterocycles. The van der Waals surface area contributed by atoms with Crippen LogP contribution in [0.1, 0.15) is 68.6 Å². The molecule has 2 nitrogen and oxygen atoms in total. The molecule has 1 aliphatic rings. The van der Waals surface area contributed by atoms with Crippen molar-refractivity contribution in [3.63, 3.8) is 0 Å². The topological polar surface area (TPSA) is 26.3 Å². The van der Waals surface area contributed by atoms with Crippen LogP contribution in [-0.2, 0) is 21.8 Å². The van der Waals surface area contributed by atoms with Crippen LogP contribution in [-0.4, -0.2) is 13.1 Å². The summed E-state index contributed by atoms with van der Waals surface area (Å²) >= 11 is 6.13. The molecule has 0 N–H and O–H groups in total. The highest BCUT2D eigenvalue weighted by Gasteiger charge is 2.27. The van der Waals surface area contributed by atoms with E-state index in [9.17, 15) is 4.79 Å². The maximum atomic E-state index is 11.5. The first-order chi connectivity index (χ1) is 12.1. The second-order valence-electron chi connectivity index (χ2n) is 7.67. The molecular weight excluding hydrogens is 332 g/mol. The van der Waals surface area contributed by atoms with Crippen LogP contribution in [0.15, 0.2) is 18.2 Å². The van der Waals surface area contributed by atoms with Crippen LogP contribution in [0.4, 0.5) is 0 Å². The van der Waals surface area contributed by atoms with E-state index in [0.29, 0.717) is 18.2 Å². The van der Waals surface area contributed by atoms with Gasteiger partial charge in [-0.3, -0.25) is 4.79 Å². The second kappa shape index (κ2) is 10.2. The minimum atomic E-state index is -0.0523. The maximum absolute atomic E-state index is 11.5. The normalized spacial score (nSPS) is 21.8. The minimum Gasteiger partial charge on any atom is -0.469 e. The summed E-state index contributed by atoms with van der Waals surface area (Å²) in [6.07, 6.45) is 9.09. The Bertz CT molecular complexity index is 547. The molecule has 140 valence electrons. The molecule has 0 heterocycles. The number of hydrogen-bond acceptors (Lipinski definition) is 2. The number of carbonyl (C=O) groups is 1. The molecule has 1 fully saturated rings. The molecule has 0 aliphatic heterocycles. The Hall–Kier alpha value is -1.02. The van der Waals surface area contributed by atoms with Crippen LogP contribution in [0.5, 0.6) is 0 Å². The van der Waals surface area contributed by atoms with Crippen molar-refractivity contribution in [2.45, 2.75) is 71.1 Å². The summed E-state index contributed by atoms with van der Waals surface area (Å²) in [4.78, 5) is 11.5. The molecular formula is C22H33ClO2. The first-order valence-corrected chi connectivity index (χ1v) is 10.3. The molecule has 0 radical (unpaired) electrons. The van der Waals surface area contributed by atoms with E-state index in [1.54, 1.807) is 0 Å². The monoisotopic (exact) mass is 364 g/mol. The Labute approximate surface area is 158 Å². The summed E-state index contributed by atoms with van der Waals surface area (Å²) in [5.74, 6) is 2.67. The number of ether oxygens (including phenoxy) is 1. The molecule has 0 spiro atoms. The molecule has 0 bridgehead atoms. The van der Waals surface area contributed by atoms with Gasteiger partial charge in [0.1, 0.15) is 0 Å². The predicted octanol–water partition coefficient (Wildman–Crippen LogP) is 6.06. The van der Waals surface area contributed by atoms with Gasteiger partial charge in [-0.05, 0) is 74.3 Å². The van der Waals surface area contributed by atoms with Gasteiger partial charge in [0.2, 0.25) is 0 Å². The van der Waals surface area contributed by atoms with Crippen molar-refractivity contribution in [1.82, 2.24) is 0 Å². The zero-order valence-corrected chi connectivity index (χ0v) is 16.8. The molecule has 1 atom stereocenters. The Morgan fingerprint density at radius 1 is 1.24 bits per heavy atom. The Balaban J connectivity index is 1.86. The van der Waals surface area contributed by atoms with Crippen molar-refractivity contribution in [3.8, 4) is 0 Å². The van der Waals surface area contributed by atoms with Gasteiger partial charge >= 0.3 is 5.97 Å². The van der Waals surface area contributed by atoms with E-state index in [-0.39, 0.29) is 5.97 Å². The molecule has 0 aromatic heterocycles. The van der Waals surface area contributed by atoms with Gasteiger partial charge in [0.25, 0.3) is 0 Å². The number of esters is 1. The van der Waals surface area contributed by atoms with Gasteiger partial charge in [-0.2, -0.15) is 0 Å². The highest BCUT2D eigenvalue weighted by molar-refractivity contribution is 6.17. The molecule has 0 amide bonds. The lowest BCUT2D eigenvalue weighted by molar-refractivity contribution is -0.142. The molecule has 3 heteroatoms. The molecule has 25 heavy (non-hydrogen) atoms. The van der Waals surface area contributed by atoms with Gasteiger partial charge < -0.3 is 4.74 Å². The number of benzene rings is 1. The van der Waals surface area contributed by atoms with Crippen molar-refractivity contribution in [1.29, 1.82) is 0 Å². The average Bonchev–Trinajstić information content (AvgIpc) is 2.64. The van der Waals surface area contributed by atoms with Crippen LogP contribution in [0.3, 0.4) is 0 Å². The van der Waals surface area contributed by atoms with E-state index >= 15 is 0 Å². The summed E-state index contributed by atoms with van der Waals surface area (Å²) in [5.41, 5.74) is 3.99. The summed E-state index contributed by atoms with van der Waals surface area (Å²) in [6.45, 7) is 4.45. The third-order valence-electron chi connectivity index (χ3n) is 6.06. The fraction of sp³-hybridized carbons (Fsp3) is 0.682. The van der Waals surface area contributed by atoms with E-state index in [0.717, 1.165) is 18.3 Å². The number of aryl methyl sites for hydroxylation is 2. The number of hydrogen-bond donors (Lipinski definition) is 0. The van der Waals surface area contributed by atoms with Crippen LogP contribution in [0.25, 0.3) is 0 Å². The molecule has 2 rings (SSSR count). The second-order valence-corrected chi connectivity index (χ2v) is 7.94. The Kier molecular flexibility index (Phi) is 8.29. The van der Waals surface area contributed by atoms with Crippen molar-refractivity contribution in [2.24, 2.45) is 17.8 Å². The van der Waals surface area contributed by atoms with Crippen molar-refractivity contribution in [2.75, 3.05) is 7.11 Å². The lowest BCUT2D eigenvalue weighted by Crippen LogP contribution is -2.23. The molecule has 1 aromatic carbocycles. The maximum Gasteiger partial charge on any atom is 0.305 e. The lowest BCUT2D eigenvalue weighted by Gasteiger charge is -2.33. The highest BCUT2D eigenvalue weighted by Crippen LogP contribution is 2.38. The Morgan fingerprint density at radius 2 is 1.96 bits per heavy atom. The van der Waals surface area contributed by atoms with E-state index in [2.05, 4.69) is 32.0 Å². The molecule has 1 unspecified atom stereocenters. The van der Waals surface area contributed by atoms with E-state index in [1.165, 1.54) is 62.3 Å². The van der Waals surface area contributed by atoms with Crippen molar-refractivity contribution >= 4 is 17.6 Å². The fourth-order valence-electron chi connectivity index (χ4n) is 4.42. The van der Waals surface area contributed by atoms with Gasteiger partial charge in [-0.15, -0.1) is 11.6 Å². The third kappa shape index (κ3) is 6.02. The van der Waals surface area contributed by atoms with Gasteiger partial charge in [0.05, 0.1) is 7.11 Å². The fourth-order valence-corrected chi connectivity index (χ4v) is 4.67. The standard InChI is InChI=1S/C22H33ClO2/c1-4-18(11-12-20-8-5-16(2)13-21(20)15-23)19-9-6-17(7-10-19)14-22(24)25-3/h5,8,13,17-19H,4,6-7,9-12,14-15H2,1-3H3. The summed E-state index contributed by atoms with van der Waals surface area (Å²) in [5, 5.41) is 0. The molecule has 1 aliphatic carbocycles. The minimum absolute atomic E-state index is 0.0523. The highest BCUT2D eigenvalue weighted by atomic mass is 35.5. The predicted molar refractivity (Wildman–Crippen MR) is 105 cm³/mol. The smallest absolute Gasteiger partial charge is 0.305 e. The first kappa shape index (κ1) is 20.3. The third-order valence-corrected chi connectivity index (χ3v) is 6.34. The van der Waals surface area contributed by atoms with Gasteiger partial charge in [0, 0.05) is 12.3 Å². The zero-order chi connectivity index (χ0) is 18.2. The first-order valence-electron chi connectivity index (χ1n) is 9.78. The van der Waals surface area contributed by atoms with E-state index in [1.807, 2.05) is 0 Å².